The van der Waals surface area contributed by atoms with Crippen LogP contribution in [0.25, 0.3) is 0 Å². The van der Waals surface area contributed by atoms with Gasteiger partial charge in [0.05, 0.1) is 99.2 Å². The number of Topliss-reactive ketones (excluding diaryl/α,β-unsaturated/α-hetero) is 1. The lowest BCUT2D eigenvalue weighted by molar-refractivity contribution is -0.137. The van der Waals surface area contributed by atoms with Crippen LogP contribution < -0.4 is 87.6 Å². The third-order valence-electron chi connectivity index (χ3n) is 19.5. The van der Waals surface area contributed by atoms with E-state index in [1.54, 1.807) is 41.5 Å². The van der Waals surface area contributed by atoms with Gasteiger partial charge in [0.1, 0.15) is 5.78 Å². The Bertz CT molecular complexity index is 4540. The molecule has 27 N–H and O–H groups in total. The maximum Gasteiger partial charge on any atom is 0.303 e. The Morgan fingerprint density at radius 3 is 0.924 bits per heavy atom. The van der Waals surface area contributed by atoms with Crippen molar-refractivity contribution in [3.05, 3.63) is 0 Å². The summed E-state index contributed by atoms with van der Waals surface area (Å²) in [6, 6.07) is -8.80. The average Bonchev–Trinajstić information content (AvgIpc) is 0.807. The molecule has 0 radical (unpaired) electrons. The van der Waals surface area contributed by atoms with E-state index in [0.29, 0.717) is 27.9 Å². The normalized spacial score (nSPS) is 14.5. The van der Waals surface area contributed by atoms with Gasteiger partial charge in [-0.2, -0.15) is 30.1 Å². The van der Waals surface area contributed by atoms with Gasteiger partial charge in [-0.3, -0.25) is 59.4 Å². The van der Waals surface area contributed by atoms with E-state index in [1.165, 1.54) is 6.92 Å². The molecule has 51 nitrogen and oxygen atoms in total. The van der Waals surface area contributed by atoms with Crippen molar-refractivity contribution < 1.29 is 112 Å². The van der Waals surface area contributed by atoms with Crippen molar-refractivity contribution in [2.75, 3.05) is 172 Å². The fourth-order valence-electron chi connectivity index (χ4n) is 13.5. The number of rotatable bonds is 74. The third kappa shape index (κ3) is 55.5. The second-order valence-electron chi connectivity index (χ2n) is 34.4. The Morgan fingerprint density at radius 2 is 0.629 bits per heavy atom. The average molecular weight is 2030 g/mol. The van der Waals surface area contributed by atoms with Crippen LogP contribution in [0.5, 0.6) is 0 Å². The van der Waals surface area contributed by atoms with E-state index in [1.807, 2.05) is 13.8 Å². The molecule has 0 fully saturated rings. The van der Waals surface area contributed by atoms with Crippen molar-refractivity contribution in [1.29, 1.82) is 16.2 Å². The molecule has 0 aromatic rings. The number of aliphatic carboxylic acids is 1. The van der Waals surface area contributed by atoms with Gasteiger partial charge >= 0.3 is 5.97 Å². The molecule has 0 aromatic carbocycles. The summed E-state index contributed by atoms with van der Waals surface area (Å²) in [7, 11) is -31.2. The predicted molar refractivity (Wildman–Crippen MR) is 500 cm³/mol. The van der Waals surface area contributed by atoms with E-state index in [-0.39, 0.29) is 119 Å². The van der Waals surface area contributed by atoms with Gasteiger partial charge in [-0.1, -0.05) is 55.4 Å². The van der Waals surface area contributed by atoms with Crippen LogP contribution >= 0.6 is 0 Å². The molecule has 0 rings (SSSR count). The van der Waals surface area contributed by atoms with E-state index in [9.17, 15) is 112 Å². The van der Waals surface area contributed by atoms with Crippen LogP contribution in [0.3, 0.4) is 0 Å². The number of nitrogens with two attached hydrogens (primary N) is 6. The highest BCUT2D eigenvalue weighted by atomic mass is 32.2. The quantitative estimate of drug-likeness (QED) is 0.0153. The standard InChI is InChI=1S/C74H152N26O25S7/c1-51(2)21-22-62(40-98(129(118,119)32-26-76)46-68(107)90-60(20-17-30-86-74(82)83)38-96(35-55(9)101)131(122,123)49-53(5)6)91-69(108)47-100(132(124,125)50-54(7)8)42-64(56(10)102)93-70(109)48-99(130(120,121)33-27-77)41-63(34-52(3)4)92-66(105)44-95(127(13,114)115)37-59(19-16-29-85-73(80)81)89-65(104)43-94(126(12,112)113)36-58(18-14-15-28-84-72(78)79)88-67(106)45-97(128(116,117)31-25-75)39-61(87-57(11)103)23-24-71(110)111/h51-54,56,58-64,102H,14-50,75-77H2,1-13H3,(H,87,103)(H,88,106)(H,89,104)(H,90,107)(H,91,108)(H,92,105)(H,93,109)(H,110,111)(H4,78,79,84)(H4,80,81,85)(H4,82,83,86)/t56?,58-,59-,60-,61-,62-,63-,64+/m0/s1. The maximum absolute atomic E-state index is 14.6. The molecule has 132 heavy (non-hydrogen) atoms. The Kier molecular flexibility index (Phi) is 57.3. The fraction of sp³-hybridized carbons (Fsp3) is 0.838. The lowest BCUT2D eigenvalue weighted by Gasteiger charge is -2.32. The Hall–Kier alpha value is -7.55. The summed E-state index contributed by atoms with van der Waals surface area (Å²) in [5, 5.41) is 69.4. The molecule has 0 saturated heterocycles. The van der Waals surface area contributed by atoms with Gasteiger partial charge in [0.2, 0.25) is 112 Å². The first-order valence-corrected chi connectivity index (χ1v) is 55.1. The molecule has 58 heteroatoms. The first kappa shape index (κ1) is 124. The molecule has 0 heterocycles. The van der Waals surface area contributed by atoms with Crippen LogP contribution in [0, 0.1) is 39.9 Å². The number of unbranched alkanes of at least 4 members (excludes halogenated alkanes) is 1. The number of carboxylic acid groups (broad SMARTS) is 1. The highest BCUT2D eigenvalue weighted by Crippen LogP contribution is 2.20. The number of nitrogens with one attached hydrogen (secondary N) is 13. The molecule has 8 atom stereocenters. The lowest BCUT2D eigenvalue weighted by atomic mass is 10.0. The van der Waals surface area contributed by atoms with Gasteiger partial charge in [0.15, 0.2) is 17.9 Å². The molecular weight excluding hydrogens is 1880 g/mol. The number of aliphatic hydroxyl groups excluding tert-OH is 1. The second kappa shape index (κ2) is 60.8. The number of carbonyl (C=O) groups is 9. The zero-order valence-corrected chi connectivity index (χ0v) is 84.0. The third-order valence-corrected chi connectivity index (χ3v) is 31.7. The highest BCUT2D eigenvalue weighted by Gasteiger charge is 2.39. The largest absolute Gasteiger partial charge is 0.481 e. The summed E-state index contributed by atoms with van der Waals surface area (Å²) >= 11 is 0. The van der Waals surface area contributed by atoms with Crippen LogP contribution in [0.1, 0.15) is 153 Å². The Balaban J connectivity index is 7.67. The fourth-order valence-corrected chi connectivity index (χ4v) is 22.6. The van der Waals surface area contributed by atoms with Crippen molar-refractivity contribution in [3.63, 3.8) is 0 Å². The SMILES string of the molecule is CC(=O)CN(C[C@H](CCCNC(=N)N)NC(=O)CN(C[C@H](CCC(C)C)NC(=O)CN(C[C@@H](NC(=O)CN(C[C@H](CC(C)C)NC(=O)CN(C[C@H](CCCNC(=N)N)NC(=O)CN(C[C@H](CCCCNC(=N)N)NC(=O)CN(C[C@H](CCC(=O)O)NC(C)=O)S(=O)(=O)CCN)S(C)(=O)=O)S(C)(=O)=O)S(=O)(=O)CCN)C(C)O)S(=O)(=O)CC(C)C)S(=O)(=O)CCN)S(=O)(=O)CC(C)C. The zero-order chi connectivity index (χ0) is 102. The van der Waals surface area contributed by atoms with E-state index in [0.717, 1.165) is 35.0 Å². The van der Waals surface area contributed by atoms with Crippen LogP contribution in [0.15, 0.2) is 0 Å². The van der Waals surface area contributed by atoms with Crippen LogP contribution in [-0.4, -0.2) is 391 Å². The summed E-state index contributed by atoms with van der Waals surface area (Å²) in [5.74, 6) is -14.6. The number of hydrogen-bond acceptors (Lipinski definition) is 30. The summed E-state index contributed by atoms with van der Waals surface area (Å²) in [4.78, 5) is 122. The topological polar surface area (TPSA) is 804 Å². The number of hydrogen-bond donors (Lipinski definition) is 21. The maximum atomic E-state index is 14.6. The minimum Gasteiger partial charge on any atom is -0.481 e. The van der Waals surface area contributed by atoms with Gasteiger partial charge in [-0.15, -0.1) is 0 Å². The minimum atomic E-state index is -4.63. The number of sulfonamides is 7. The molecule has 0 saturated carbocycles. The van der Waals surface area contributed by atoms with Crippen molar-refractivity contribution in [2.24, 2.45) is 58.1 Å². The number of ketones is 1. The first-order chi connectivity index (χ1) is 60.8. The van der Waals surface area contributed by atoms with Crippen molar-refractivity contribution in [3.8, 4) is 0 Å². The molecule has 0 aliphatic rings. The molecule has 0 aliphatic carbocycles. The molecule has 0 spiro atoms. The molecule has 7 amide bonds. The number of guanidine groups is 3. The van der Waals surface area contributed by atoms with Crippen LogP contribution in [0.2, 0.25) is 0 Å². The molecule has 0 aromatic heterocycles. The predicted octanol–water partition coefficient (Wildman–Crippen LogP) is -8.23. The number of nitrogens with zero attached hydrogens (tertiary/aromatic N) is 7. The summed E-state index contributed by atoms with van der Waals surface area (Å²) in [6.07, 6.45) is -0.246. The second-order valence-corrected chi connectivity index (χ2v) is 48.7. The monoisotopic (exact) mass is 2030 g/mol. The molecule has 1 unspecified atom stereocenters. The van der Waals surface area contributed by atoms with Crippen LogP contribution in [0.4, 0.5) is 0 Å². The van der Waals surface area contributed by atoms with E-state index >= 15 is 0 Å². The van der Waals surface area contributed by atoms with Crippen molar-refractivity contribution >= 4 is 141 Å². The van der Waals surface area contributed by atoms with E-state index in [4.69, 9.17) is 50.6 Å². The van der Waals surface area contributed by atoms with E-state index < -0.39 is 324 Å². The molecule has 770 valence electrons. The summed E-state index contributed by atoms with van der Waals surface area (Å²) < 4.78 is 200. The molecule has 0 bridgehead atoms. The summed E-state index contributed by atoms with van der Waals surface area (Å²) in [5.41, 5.74) is 33.6. The molecule has 0 aliphatic heterocycles. The minimum absolute atomic E-state index is 0.0243. The Labute approximate surface area is 780 Å². The van der Waals surface area contributed by atoms with E-state index in [2.05, 4.69) is 53.2 Å². The van der Waals surface area contributed by atoms with Gasteiger partial charge in [-0.25, -0.2) is 58.9 Å². The smallest absolute Gasteiger partial charge is 0.303 e. The highest BCUT2D eigenvalue weighted by molar-refractivity contribution is 7.90. The number of amides is 7. The molecular formula is C74H152N26O25S7. The summed E-state index contributed by atoms with van der Waals surface area (Å²) in [6.45, 7) is 4.42. The zero-order valence-electron chi connectivity index (χ0n) is 78.3. The van der Waals surface area contributed by atoms with Crippen molar-refractivity contribution in [1.82, 2.24) is 83.3 Å². The van der Waals surface area contributed by atoms with Gasteiger partial charge in [0.25, 0.3) is 0 Å². The van der Waals surface area contributed by atoms with Gasteiger partial charge in [-0.05, 0) is 108 Å². The van der Waals surface area contributed by atoms with Gasteiger partial charge in [0, 0.05) is 135 Å². The lowest BCUT2D eigenvalue weighted by Crippen LogP contribution is -2.57. The van der Waals surface area contributed by atoms with Crippen molar-refractivity contribution in [2.45, 2.75) is 202 Å². The van der Waals surface area contributed by atoms with Crippen LogP contribution in [-0.2, 0) is 113 Å². The number of carboxylic acids is 1. The first-order valence-electron chi connectivity index (χ1n) is 43.3. The van der Waals surface area contributed by atoms with Gasteiger partial charge < -0.3 is 97.8 Å². The number of aliphatic hydroxyl groups is 1. The Morgan fingerprint density at radius 1 is 0.341 bits per heavy atom. The number of carbonyl (C=O) groups excluding carboxylic acids is 8.